The van der Waals surface area contributed by atoms with Gasteiger partial charge in [-0.25, -0.2) is 0 Å². The fourth-order valence-electron chi connectivity index (χ4n) is 2.79. The summed E-state index contributed by atoms with van der Waals surface area (Å²) in [5, 5.41) is 3.03. The fraction of sp³-hybridized carbons (Fsp3) is 0.846. The zero-order valence-electron chi connectivity index (χ0n) is 10.9. The summed E-state index contributed by atoms with van der Waals surface area (Å²) in [5.74, 6) is 0.0137. The lowest BCUT2D eigenvalue weighted by atomic mass is 9.95. The average molecular weight is 253 g/mol. The Kier molecular flexibility index (Phi) is 4.58. The van der Waals surface area contributed by atoms with Crippen molar-refractivity contribution in [3.63, 3.8) is 0 Å². The number of carbonyl (C=O) groups is 2. The average Bonchev–Trinajstić information content (AvgIpc) is 2.35. The molecule has 1 unspecified atom stereocenters. The van der Waals surface area contributed by atoms with Crippen LogP contribution in [0.15, 0.2) is 0 Å². The van der Waals surface area contributed by atoms with E-state index >= 15 is 0 Å². The molecule has 0 radical (unpaired) electrons. The molecule has 2 amide bonds. The van der Waals surface area contributed by atoms with Gasteiger partial charge < -0.3 is 16.0 Å². The standard InChI is InChI=1S/C13H23N3O2/c14-10-6-7-13(18)16(8-10)9-12(17)15-11-4-2-1-3-5-11/h10-11H,1-9,14H2,(H,15,17). The van der Waals surface area contributed by atoms with Crippen LogP contribution in [0.3, 0.4) is 0 Å². The molecule has 1 saturated heterocycles. The third-order valence-corrected chi connectivity index (χ3v) is 3.84. The van der Waals surface area contributed by atoms with Crippen molar-refractivity contribution in [1.29, 1.82) is 0 Å². The molecule has 18 heavy (non-hydrogen) atoms. The van der Waals surface area contributed by atoms with E-state index in [1.807, 2.05) is 0 Å². The highest BCUT2D eigenvalue weighted by atomic mass is 16.2. The molecule has 1 aliphatic heterocycles. The molecule has 102 valence electrons. The Labute approximate surface area is 108 Å². The van der Waals surface area contributed by atoms with Gasteiger partial charge in [0.1, 0.15) is 0 Å². The van der Waals surface area contributed by atoms with E-state index < -0.39 is 0 Å². The summed E-state index contributed by atoms with van der Waals surface area (Å²) in [6.07, 6.45) is 7.00. The lowest BCUT2D eigenvalue weighted by Crippen LogP contribution is -2.51. The maximum atomic E-state index is 11.9. The van der Waals surface area contributed by atoms with Gasteiger partial charge in [0.25, 0.3) is 0 Å². The summed E-state index contributed by atoms with van der Waals surface area (Å²) in [6.45, 7) is 0.681. The highest BCUT2D eigenvalue weighted by molar-refractivity contribution is 5.85. The van der Waals surface area contributed by atoms with Crippen LogP contribution in [-0.4, -0.2) is 41.9 Å². The van der Waals surface area contributed by atoms with Crippen molar-refractivity contribution in [2.24, 2.45) is 5.73 Å². The van der Waals surface area contributed by atoms with Crippen molar-refractivity contribution in [3.05, 3.63) is 0 Å². The molecule has 2 fully saturated rings. The van der Waals surface area contributed by atoms with E-state index in [1.54, 1.807) is 4.90 Å². The van der Waals surface area contributed by atoms with Gasteiger partial charge in [-0.05, 0) is 19.3 Å². The van der Waals surface area contributed by atoms with E-state index in [-0.39, 0.29) is 24.4 Å². The number of nitrogens with two attached hydrogens (primary N) is 1. The molecule has 2 aliphatic rings. The summed E-state index contributed by atoms with van der Waals surface area (Å²) >= 11 is 0. The van der Waals surface area contributed by atoms with Crippen molar-refractivity contribution in [3.8, 4) is 0 Å². The van der Waals surface area contributed by atoms with Gasteiger partial charge in [0.05, 0.1) is 6.54 Å². The van der Waals surface area contributed by atoms with E-state index in [2.05, 4.69) is 5.32 Å². The molecule has 0 spiro atoms. The SMILES string of the molecule is NC1CCC(=O)N(CC(=O)NC2CCCCC2)C1. The van der Waals surface area contributed by atoms with Gasteiger partial charge >= 0.3 is 0 Å². The Morgan fingerprint density at radius 3 is 2.72 bits per heavy atom. The molecular weight excluding hydrogens is 230 g/mol. The lowest BCUT2D eigenvalue weighted by Gasteiger charge is -2.31. The number of hydrogen-bond acceptors (Lipinski definition) is 3. The summed E-state index contributed by atoms with van der Waals surface area (Å²) in [5.41, 5.74) is 5.82. The second-order valence-corrected chi connectivity index (χ2v) is 5.48. The minimum Gasteiger partial charge on any atom is -0.352 e. The number of nitrogens with one attached hydrogen (secondary N) is 1. The van der Waals surface area contributed by atoms with Gasteiger partial charge in [-0.2, -0.15) is 0 Å². The largest absolute Gasteiger partial charge is 0.352 e. The van der Waals surface area contributed by atoms with Crippen LogP contribution in [0, 0.1) is 0 Å². The van der Waals surface area contributed by atoms with Crippen molar-refractivity contribution in [2.75, 3.05) is 13.1 Å². The molecule has 1 saturated carbocycles. The van der Waals surface area contributed by atoms with Gasteiger partial charge in [-0.1, -0.05) is 19.3 Å². The quantitative estimate of drug-likeness (QED) is 0.763. The van der Waals surface area contributed by atoms with Crippen molar-refractivity contribution >= 4 is 11.8 Å². The number of rotatable bonds is 3. The predicted molar refractivity (Wildman–Crippen MR) is 68.8 cm³/mol. The number of likely N-dealkylation sites (tertiary alicyclic amines) is 1. The summed E-state index contributed by atoms with van der Waals surface area (Å²) in [4.78, 5) is 25.1. The van der Waals surface area contributed by atoms with Crippen LogP contribution in [0.25, 0.3) is 0 Å². The van der Waals surface area contributed by atoms with Gasteiger partial charge in [0.2, 0.25) is 11.8 Å². The smallest absolute Gasteiger partial charge is 0.239 e. The van der Waals surface area contributed by atoms with Crippen LogP contribution in [-0.2, 0) is 9.59 Å². The lowest BCUT2D eigenvalue weighted by molar-refractivity contribution is -0.138. The molecule has 0 aromatic carbocycles. The molecule has 0 aromatic heterocycles. The van der Waals surface area contributed by atoms with Gasteiger partial charge in [0.15, 0.2) is 0 Å². The van der Waals surface area contributed by atoms with E-state index in [9.17, 15) is 9.59 Å². The molecule has 0 aromatic rings. The third-order valence-electron chi connectivity index (χ3n) is 3.84. The van der Waals surface area contributed by atoms with E-state index in [0.29, 0.717) is 19.0 Å². The highest BCUT2D eigenvalue weighted by Gasteiger charge is 2.25. The van der Waals surface area contributed by atoms with Crippen LogP contribution in [0.5, 0.6) is 0 Å². The monoisotopic (exact) mass is 253 g/mol. The first-order valence-corrected chi connectivity index (χ1v) is 6.98. The maximum absolute atomic E-state index is 11.9. The van der Waals surface area contributed by atoms with Crippen LogP contribution >= 0.6 is 0 Å². The number of amides is 2. The van der Waals surface area contributed by atoms with Gasteiger partial charge in [-0.15, -0.1) is 0 Å². The molecular formula is C13H23N3O2. The van der Waals surface area contributed by atoms with Crippen molar-refractivity contribution in [2.45, 2.75) is 57.0 Å². The van der Waals surface area contributed by atoms with Gasteiger partial charge in [-0.3, -0.25) is 9.59 Å². The van der Waals surface area contributed by atoms with Crippen LogP contribution < -0.4 is 11.1 Å². The number of piperidine rings is 1. The third kappa shape index (κ3) is 3.70. The number of carbonyl (C=O) groups excluding carboxylic acids is 2. The van der Waals surface area contributed by atoms with Crippen LogP contribution in [0.2, 0.25) is 0 Å². The van der Waals surface area contributed by atoms with Crippen molar-refractivity contribution < 1.29 is 9.59 Å². The Morgan fingerprint density at radius 2 is 2.00 bits per heavy atom. The van der Waals surface area contributed by atoms with E-state index in [0.717, 1.165) is 19.3 Å². The van der Waals surface area contributed by atoms with Crippen molar-refractivity contribution in [1.82, 2.24) is 10.2 Å². The minimum atomic E-state index is -0.0376. The molecule has 2 rings (SSSR count). The molecule has 0 bridgehead atoms. The number of hydrogen-bond donors (Lipinski definition) is 2. The zero-order valence-corrected chi connectivity index (χ0v) is 10.9. The molecule has 3 N–H and O–H groups in total. The second-order valence-electron chi connectivity index (χ2n) is 5.48. The minimum absolute atomic E-state index is 0.0187. The molecule has 1 aliphatic carbocycles. The molecule has 1 heterocycles. The van der Waals surface area contributed by atoms with Crippen LogP contribution in [0.4, 0.5) is 0 Å². The molecule has 5 nitrogen and oxygen atoms in total. The first-order valence-electron chi connectivity index (χ1n) is 6.98. The number of nitrogens with zero attached hydrogens (tertiary/aromatic N) is 1. The van der Waals surface area contributed by atoms with E-state index in [4.69, 9.17) is 5.73 Å². The Bertz CT molecular complexity index is 313. The summed E-state index contributed by atoms with van der Waals surface area (Å²) in [6, 6.07) is 0.324. The highest BCUT2D eigenvalue weighted by Crippen LogP contribution is 2.17. The first kappa shape index (κ1) is 13.3. The Balaban J connectivity index is 1.77. The normalized spacial score (nSPS) is 26.2. The predicted octanol–water partition coefficient (Wildman–Crippen LogP) is 0.385. The van der Waals surface area contributed by atoms with E-state index in [1.165, 1.54) is 19.3 Å². The van der Waals surface area contributed by atoms with Crippen LogP contribution in [0.1, 0.15) is 44.9 Å². The first-order chi connectivity index (χ1) is 8.65. The fourth-order valence-corrected chi connectivity index (χ4v) is 2.79. The maximum Gasteiger partial charge on any atom is 0.239 e. The zero-order chi connectivity index (χ0) is 13.0. The molecule has 5 heteroatoms. The Hall–Kier alpha value is -1.10. The summed E-state index contributed by atoms with van der Waals surface area (Å²) in [7, 11) is 0. The molecule has 1 atom stereocenters. The summed E-state index contributed by atoms with van der Waals surface area (Å²) < 4.78 is 0. The topological polar surface area (TPSA) is 75.4 Å². The Morgan fingerprint density at radius 1 is 1.28 bits per heavy atom. The second kappa shape index (κ2) is 6.18. The van der Waals surface area contributed by atoms with Gasteiger partial charge in [0, 0.05) is 25.0 Å².